The van der Waals surface area contributed by atoms with Crippen LogP contribution in [0.2, 0.25) is 0 Å². The number of para-hydroxylation sites is 1. The lowest BCUT2D eigenvalue weighted by Gasteiger charge is -2.21. The van der Waals surface area contributed by atoms with E-state index in [0.717, 1.165) is 11.8 Å². The zero-order valence-corrected chi connectivity index (χ0v) is 35.3. The first-order valence-corrected chi connectivity index (χ1v) is 22.3. The molecule has 300 valence electrons. The van der Waals surface area contributed by atoms with Crippen molar-refractivity contribution in [1.29, 1.82) is 0 Å². The summed E-state index contributed by atoms with van der Waals surface area (Å²) in [5, 5.41) is 7.36. The minimum absolute atomic E-state index is 0.0268. The van der Waals surface area contributed by atoms with Gasteiger partial charge in [-0.15, -0.1) is 0 Å². The molecule has 10 aromatic carbocycles. The van der Waals surface area contributed by atoms with Crippen LogP contribution in [0.1, 0.15) is 39.8 Å². The van der Waals surface area contributed by atoms with Gasteiger partial charge in [0.25, 0.3) is 0 Å². The number of hydrogen-bond donors (Lipinski definition) is 0. The van der Waals surface area contributed by atoms with Crippen LogP contribution in [-0.4, -0.2) is 4.57 Å². The van der Waals surface area contributed by atoms with Gasteiger partial charge < -0.3 is 4.57 Å². The molecule has 0 amide bonds. The monoisotopic (exact) mass is 813 g/mol. The van der Waals surface area contributed by atoms with Crippen molar-refractivity contribution in [3.8, 4) is 33.4 Å². The second-order valence-corrected chi connectivity index (χ2v) is 17.1. The quantitative estimate of drug-likeness (QED) is 0.144. The van der Waals surface area contributed by atoms with Crippen molar-refractivity contribution in [3.63, 3.8) is 0 Å². The van der Waals surface area contributed by atoms with Crippen LogP contribution < -0.4 is 0 Å². The highest BCUT2D eigenvalue weighted by Crippen LogP contribution is 2.41. The number of rotatable bonds is 8. The fourth-order valence-electron chi connectivity index (χ4n) is 10.1. The summed E-state index contributed by atoms with van der Waals surface area (Å²) >= 11 is 0. The van der Waals surface area contributed by atoms with E-state index in [1.54, 1.807) is 0 Å². The molecule has 0 saturated carbocycles. The minimum Gasteiger partial charge on any atom is -0.329 e. The molecule has 1 heteroatoms. The lowest BCUT2D eigenvalue weighted by Crippen LogP contribution is -2.09. The molecule has 1 aliphatic rings. The Morgan fingerprint density at radius 1 is 0.453 bits per heavy atom. The zero-order chi connectivity index (χ0) is 42.4. The van der Waals surface area contributed by atoms with Crippen molar-refractivity contribution in [2.45, 2.75) is 18.4 Å². The second kappa shape index (κ2) is 15.9. The highest BCUT2D eigenvalue weighted by molar-refractivity contribution is 6.10. The number of benzene rings is 9. The molecule has 11 aromatic rings. The van der Waals surface area contributed by atoms with Gasteiger partial charge in [0.15, 0.2) is 0 Å². The molecule has 1 aliphatic carbocycles. The molecule has 2 atom stereocenters. The van der Waals surface area contributed by atoms with Gasteiger partial charge in [-0.05, 0) is 126 Å². The molecular weight excluding hydrogens is 771 g/mol. The van der Waals surface area contributed by atoms with E-state index in [-0.39, 0.29) is 12.0 Å². The van der Waals surface area contributed by atoms with Crippen LogP contribution in [0.5, 0.6) is 0 Å². The molecule has 0 aliphatic heterocycles. The Kier molecular flexibility index (Phi) is 9.36. The Morgan fingerprint density at radius 2 is 1.11 bits per heavy atom. The van der Waals surface area contributed by atoms with Gasteiger partial charge in [-0.1, -0.05) is 206 Å². The molecule has 12 rings (SSSR count). The van der Waals surface area contributed by atoms with Crippen molar-refractivity contribution in [3.05, 3.63) is 271 Å². The maximum absolute atomic E-state index is 3.31. The van der Waals surface area contributed by atoms with Crippen LogP contribution in [0.4, 0.5) is 0 Å². The largest absolute Gasteiger partial charge is 0.329 e. The average molecular weight is 814 g/mol. The molecule has 0 saturated heterocycles. The molecule has 0 spiro atoms. The first kappa shape index (κ1) is 37.6. The van der Waals surface area contributed by atoms with Crippen LogP contribution in [0.25, 0.3) is 82.8 Å². The van der Waals surface area contributed by atoms with E-state index in [1.807, 2.05) is 6.07 Å². The van der Waals surface area contributed by atoms with E-state index in [1.165, 1.54) is 99.2 Å². The molecule has 0 N–H and O–H groups in total. The molecule has 2 unspecified atom stereocenters. The van der Waals surface area contributed by atoms with Crippen LogP contribution in [0.15, 0.2) is 231 Å². The van der Waals surface area contributed by atoms with Crippen LogP contribution >= 0.6 is 0 Å². The molecule has 1 aromatic heterocycles. The van der Waals surface area contributed by atoms with Gasteiger partial charge in [-0.25, -0.2) is 0 Å². The van der Waals surface area contributed by atoms with Gasteiger partial charge >= 0.3 is 0 Å². The molecule has 0 radical (unpaired) electrons. The van der Waals surface area contributed by atoms with Crippen molar-refractivity contribution in [2.24, 2.45) is 0 Å². The van der Waals surface area contributed by atoms with Gasteiger partial charge in [0.2, 0.25) is 0 Å². The van der Waals surface area contributed by atoms with E-state index in [2.05, 4.69) is 247 Å². The van der Waals surface area contributed by atoms with Gasteiger partial charge in [0.05, 0.1) is 6.04 Å². The van der Waals surface area contributed by atoms with E-state index in [9.17, 15) is 0 Å². The van der Waals surface area contributed by atoms with Crippen LogP contribution in [-0.2, 0) is 6.42 Å². The Bertz CT molecular complexity index is 3570. The zero-order valence-electron chi connectivity index (χ0n) is 35.3. The van der Waals surface area contributed by atoms with Gasteiger partial charge in [0.1, 0.15) is 0 Å². The topological polar surface area (TPSA) is 4.93 Å². The normalized spacial score (nSPS) is 13.8. The van der Waals surface area contributed by atoms with Crippen LogP contribution in [0, 0.1) is 12.1 Å². The van der Waals surface area contributed by atoms with Crippen molar-refractivity contribution in [1.82, 2.24) is 4.57 Å². The average Bonchev–Trinajstić information content (AvgIpc) is 3.53. The van der Waals surface area contributed by atoms with Gasteiger partial charge in [-0.2, -0.15) is 0 Å². The minimum atomic E-state index is 0.0268. The summed E-state index contributed by atoms with van der Waals surface area (Å²) < 4.78 is 2.52. The smallest absolute Gasteiger partial charge is 0.0785 e. The maximum Gasteiger partial charge on any atom is 0.0785 e. The molecule has 1 heterocycles. The lowest BCUT2D eigenvalue weighted by atomic mass is 9.84. The summed E-state index contributed by atoms with van der Waals surface area (Å²) in [6, 6.07) is 84.7. The molecule has 1 nitrogen and oxygen atoms in total. The highest BCUT2D eigenvalue weighted by atomic mass is 15.0. The van der Waals surface area contributed by atoms with Gasteiger partial charge in [0, 0.05) is 33.1 Å². The van der Waals surface area contributed by atoms with Gasteiger partial charge in [-0.3, -0.25) is 0 Å². The Balaban J connectivity index is 0.885. The fraction of sp³-hybridized carbons (Fsp3) is 0.0476. The third kappa shape index (κ3) is 6.78. The molecule has 0 bridgehead atoms. The van der Waals surface area contributed by atoms with E-state index < -0.39 is 0 Å². The van der Waals surface area contributed by atoms with Crippen molar-refractivity contribution >= 4 is 49.4 Å². The first-order chi connectivity index (χ1) is 31.7. The summed E-state index contributed by atoms with van der Waals surface area (Å²) in [6.07, 6.45) is 9.84. The van der Waals surface area contributed by atoms with E-state index >= 15 is 0 Å². The molecule has 64 heavy (non-hydrogen) atoms. The second-order valence-electron chi connectivity index (χ2n) is 17.1. The van der Waals surface area contributed by atoms with Crippen LogP contribution in [0.3, 0.4) is 0 Å². The van der Waals surface area contributed by atoms with E-state index in [4.69, 9.17) is 0 Å². The fourth-order valence-corrected chi connectivity index (χ4v) is 10.1. The maximum atomic E-state index is 3.31. The third-order valence-electron chi connectivity index (χ3n) is 13.4. The number of aromatic nitrogens is 1. The first-order valence-electron chi connectivity index (χ1n) is 22.3. The van der Waals surface area contributed by atoms with Crippen molar-refractivity contribution < 1.29 is 0 Å². The predicted octanol–water partition coefficient (Wildman–Crippen LogP) is 16.2. The summed E-state index contributed by atoms with van der Waals surface area (Å²) in [7, 11) is 0. The molecule has 0 fully saturated rings. The standard InChI is InChI=1S/C63H43N/c1-2-13-44(14-3-1)46-27-31-49(32-28-46)59(40-43-25-26-45-15-4-5-17-51(45)39-43)50-33-29-47(30-34-50)52-18-12-19-53(41-52)54-36-38-63-60(42-54)57-22-9-11-23-61(57)64(63)62-24-10-8-21-56-55-20-7-6-16-48(55)35-37-58(56)62/h1-5,7-15,17-39,41-42,59,62H,40H2. The summed E-state index contributed by atoms with van der Waals surface area (Å²) in [5.74, 6) is 0.204. The molecular formula is C63H43N. The number of hydrogen-bond acceptors (Lipinski definition) is 0. The SMILES string of the molecule is c1ccc2c3c(ccc2c#1)C(n1c2ccccc2c2cc(-c4cccc(-c5ccc(C(Cc6ccc7ccccc7c6)c6ccc(-c7ccccc7)cc6)cc5)c4)ccc21)C=CC=C3. The number of fused-ring (bicyclic) bond motifs is 7. The summed E-state index contributed by atoms with van der Waals surface area (Å²) in [5.41, 5.74) is 16.2. The van der Waals surface area contributed by atoms with Crippen molar-refractivity contribution in [2.75, 3.05) is 0 Å². The predicted molar refractivity (Wildman–Crippen MR) is 270 cm³/mol. The lowest BCUT2D eigenvalue weighted by molar-refractivity contribution is 0.755. The number of allylic oxidation sites excluding steroid dienone is 3. The summed E-state index contributed by atoms with van der Waals surface area (Å²) in [6.45, 7) is 0. The number of nitrogens with zero attached hydrogens (tertiary/aromatic N) is 1. The highest BCUT2D eigenvalue weighted by Gasteiger charge is 2.23. The van der Waals surface area contributed by atoms with E-state index in [0.29, 0.717) is 0 Å². The Morgan fingerprint density at radius 3 is 1.94 bits per heavy atom. The summed E-state index contributed by atoms with van der Waals surface area (Å²) in [4.78, 5) is 0. The Hall–Kier alpha value is -8.18. The Labute approximate surface area is 374 Å². The third-order valence-corrected chi connectivity index (χ3v) is 13.4.